The van der Waals surface area contributed by atoms with Gasteiger partial charge in [0.2, 0.25) is 5.91 Å². The normalized spacial score (nSPS) is 11.5. The molecule has 0 radical (unpaired) electrons. The van der Waals surface area contributed by atoms with Gasteiger partial charge in [-0.3, -0.25) is 9.59 Å². The van der Waals surface area contributed by atoms with Crippen molar-refractivity contribution in [3.05, 3.63) is 95.7 Å². The first-order chi connectivity index (χ1) is 16.8. The quantitative estimate of drug-likeness (QED) is 0.385. The minimum Gasteiger partial charge on any atom is -0.497 e. The number of rotatable bonds is 7. The van der Waals surface area contributed by atoms with Crippen LogP contribution in [0.25, 0.3) is 16.9 Å². The maximum Gasteiger partial charge on any atom is 0.255 e. The number of aryl methyl sites for hydroxylation is 1. The molecule has 1 unspecified atom stereocenters. The number of nitrogens with one attached hydrogen (secondary N) is 2. The number of methoxy groups -OCH3 is 1. The Bertz CT molecular complexity index is 1360. The van der Waals surface area contributed by atoms with E-state index in [2.05, 4.69) is 10.6 Å². The zero-order valence-electron chi connectivity index (χ0n) is 20.2. The molecular formula is C28H28N4O3. The van der Waals surface area contributed by atoms with Crippen LogP contribution in [0.2, 0.25) is 0 Å². The molecule has 1 aromatic heterocycles. The van der Waals surface area contributed by atoms with E-state index in [1.54, 1.807) is 18.0 Å². The molecule has 3 aromatic carbocycles. The molecule has 0 bridgehead atoms. The smallest absolute Gasteiger partial charge is 0.255 e. The molecule has 0 saturated heterocycles. The van der Waals surface area contributed by atoms with E-state index in [4.69, 9.17) is 9.84 Å². The van der Waals surface area contributed by atoms with E-state index in [1.807, 2.05) is 86.6 Å². The van der Waals surface area contributed by atoms with Crippen LogP contribution in [-0.2, 0) is 4.79 Å². The summed E-state index contributed by atoms with van der Waals surface area (Å²) in [7, 11) is 1.61. The van der Waals surface area contributed by atoms with Gasteiger partial charge in [-0.2, -0.15) is 5.10 Å². The van der Waals surface area contributed by atoms with Gasteiger partial charge in [-0.15, -0.1) is 0 Å². The fourth-order valence-electron chi connectivity index (χ4n) is 3.80. The molecule has 0 spiro atoms. The molecule has 7 nitrogen and oxygen atoms in total. The van der Waals surface area contributed by atoms with Gasteiger partial charge in [0.15, 0.2) is 0 Å². The van der Waals surface area contributed by atoms with Gasteiger partial charge in [-0.05, 0) is 55.8 Å². The van der Waals surface area contributed by atoms with Crippen LogP contribution in [0.4, 0.5) is 5.69 Å². The summed E-state index contributed by atoms with van der Waals surface area (Å²) in [4.78, 5) is 24.9. The van der Waals surface area contributed by atoms with Crippen LogP contribution >= 0.6 is 0 Å². The summed E-state index contributed by atoms with van der Waals surface area (Å²) in [6, 6.07) is 22.6. The Morgan fingerprint density at radius 2 is 1.74 bits per heavy atom. The number of hydrogen-bond donors (Lipinski definition) is 2. The number of hydrogen-bond acceptors (Lipinski definition) is 4. The fourth-order valence-corrected chi connectivity index (χ4v) is 3.80. The summed E-state index contributed by atoms with van der Waals surface area (Å²) in [5.41, 5.74) is 5.33. The maximum absolute atomic E-state index is 13.5. The molecule has 7 heteroatoms. The summed E-state index contributed by atoms with van der Waals surface area (Å²) < 4.78 is 7.09. The molecule has 35 heavy (non-hydrogen) atoms. The van der Waals surface area contributed by atoms with Gasteiger partial charge in [0.1, 0.15) is 11.4 Å². The summed E-state index contributed by atoms with van der Waals surface area (Å²) in [6.45, 7) is 5.39. The molecule has 2 N–H and O–H groups in total. The van der Waals surface area contributed by atoms with E-state index in [9.17, 15) is 9.59 Å². The lowest BCUT2D eigenvalue weighted by Gasteiger charge is -2.15. The second-order valence-corrected chi connectivity index (χ2v) is 8.41. The highest BCUT2D eigenvalue weighted by Gasteiger charge is 2.21. The van der Waals surface area contributed by atoms with Crippen molar-refractivity contribution in [2.45, 2.75) is 26.8 Å². The first-order valence-electron chi connectivity index (χ1n) is 11.3. The molecule has 1 heterocycles. The van der Waals surface area contributed by atoms with E-state index in [-0.39, 0.29) is 17.9 Å². The monoisotopic (exact) mass is 468 g/mol. The molecule has 0 fully saturated rings. The van der Waals surface area contributed by atoms with Crippen LogP contribution in [0.3, 0.4) is 0 Å². The first kappa shape index (κ1) is 23.8. The Morgan fingerprint density at radius 1 is 1.00 bits per heavy atom. The third-order valence-electron chi connectivity index (χ3n) is 5.66. The van der Waals surface area contributed by atoms with E-state index in [0.29, 0.717) is 22.7 Å². The predicted molar refractivity (Wildman–Crippen MR) is 137 cm³/mol. The zero-order valence-corrected chi connectivity index (χ0v) is 20.2. The van der Waals surface area contributed by atoms with Gasteiger partial charge < -0.3 is 15.4 Å². The fraction of sp³-hybridized carbons (Fsp3) is 0.179. The lowest BCUT2D eigenvalue weighted by atomic mass is 10.0. The van der Waals surface area contributed by atoms with Crippen molar-refractivity contribution < 1.29 is 14.3 Å². The molecule has 0 aliphatic carbocycles. The zero-order chi connectivity index (χ0) is 24.9. The molecule has 0 aliphatic rings. The average molecular weight is 469 g/mol. The van der Waals surface area contributed by atoms with Gasteiger partial charge in [-0.25, -0.2) is 4.68 Å². The Labute approximate surface area is 204 Å². The van der Waals surface area contributed by atoms with E-state index in [1.165, 1.54) is 6.92 Å². The van der Waals surface area contributed by atoms with Gasteiger partial charge in [0.25, 0.3) is 5.91 Å². The van der Waals surface area contributed by atoms with Crippen LogP contribution in [-0.4, -0.2) is 28.7 Å². The van der Waals surface area contributed by atoms with Gasteiger partial charge in [0, 0.05) is 24.4 Å². The van der Waals surface area contributed by atoms with E-state index >= 15 is 0 Å². The van der Waals surface area contributed by atoms with Crippen molar-refractivity contribution >= 4 is 17.5 Å². The third-order valence-corrected chi connectivity index (χ3v) is 5.66. The van der Waals surface area contributed by atoms with Crippen LogP contribution in [0, 0.1) is 6.92 Å². The van der Waals surface area contributed by atoms with Crippen LogP contribution in [0.15, 0.2) is 79.0 Å². The Morgan fingerprint density at radius 3 is 2.46 bits per heavy atom. The highest BCUT2D eigenvalue weighted by Crippen LogP contribution is 2.28. The molecular weight excluding hydrogens is 440 g/mol. The number of carbonyl (C=O) groups is 2. The number of ether oxygens (including phenoxy) is 1. The second-order valence-electron chi connectivity index (χ2n) is 8.41. The SMILES string of the molecule is COc1cccc(-c2nn(-c3ccc(C)cc3)cc2C(=O)NC(C)c2cccc(NC(C)=O)c2)c1. The second kappa shape index (κ2) is 10.3. The molecule has 0 saturated carbocycles. The number of nitrogens with zero attached hydrogens (tertiary/aromatic N) is 2. The summed E-state index contributed by atoms with van der Waals surface area (Å²) in [6.07, 6.45) is 1.75. The molecule has 4 aromatic rings. The topological polar surface area (TPSA) is 85.2 Å². The van der Waals surface area contributed by atoms with Crippen molar-refractivity contribution in [1.29, 1.82) is 0 Å². The summed E-state index contributed by atoms with van der Waals surface area (Å²) in [5, 5.41) is 10.6. The molecule has 0 aliphatic heterocycles. The third kappa shape index (κ3) is 5.58. The standard InChI is InChI=1S/C28H28N4O3/c1-18-11-13-24(14-12-18)32-17-26(27(31-32)22-8-6-10-25(16-22)35-4)28(34)29-19(2)21-7-5-9-23(15-21)30-20(3)33/h5-17,19H,1-4H3,(H,29,34)(H,30,33). The minimum atomic E-state index is -0.294. The van der Waals surface area contributed by atoms with Crippen molar-refractivity contribution in [1.82, 2.24) is 15.1 Å². The minimum absolute atomic E-state index is 0.148. The van der Waals surface area contributed by atoms with Crippen molar-refractivity contribution in [3.63, 3.8) is 0 Å². The molecule has 2 amide bonds. The highest BCUT2D eigenvalue weighted by atomic mass is 16.5. The number of anilines is 1. The van der Waals surface area contributed by atoms with E-state index in [0.717, 1.165) is 22.4 Å². The lowest BCUT2D eigenvalue weighted by Crippen LogP contribution is -2.27. The number of benzene rings is 3. The Balaban J connectivity index is 1.68. The summed E-state index contributed by atoms with van der Waals surface area (Å²) in [5.74, 6) is 0.283. The molecule has 178 valence electrons. The lowest BCUT2D eigenvalue weighted by molar-refractivity contribution is -0.114. The van der Waals surface area contributed by atoms with Crippen LogP contribution in [0.5, 0.6) is 5.75 Å². The van der Waals surface area contributed by atoms with Crippen LogP contribution < -0.4 is 15.4 Å². The van der Waals surface area contributed by atoms with Gasteiger partial charge >= 0.3 is 0 Å². The largest absolute Gasteiger partial charge is 0.497 e. The molecule has 4 rings (SSSR count). The number of carbonyl (C=O) groups excluding carboxylic acids is 2. The number of amides is 2. The summed E-state index contributed by atoms with van der Waals surface area (Å²) >= 11 is 0. The van der Waals surface area contributed by atoms with Crippen molar-refractivity contribution in [3.8, 4) is 22.7 Å². The average Bonchev–Trinajstić information content (AvgIpc) is 3.30. The molecule has 1 atom stereocenters. The van der Waals surface area contributed by atoms with Crippen molar-refractivity contribution in [2.24, 2.45) is 0 Å². The first-order valence-corrected chi connectivity index (χ1v) is 11.3. The predicted octanol–water partition coefficient (Wildman–Crippen LogP) is 5.31. The number of aromatic nitrogens is 2. The Hall–Kier alpha value is -4.39. The highest BCUT2D eigenvalue weighted by molar-refractivity contribution is 6.00. The van der Waals surface area contributed by atoms with E-state index < -0.39 is 0 Å². The van der Waals surface area contributed by atoms with Crippen LogP contribution in [0.1, 0.15) is 41.4 Å². The maximum atomic E-state index is 13.5. The van der Waals surface area contributed by atoms with Gasteiger partial charge in [-0.1, -0.05) is 42.0 Å². The van der Waals surface area contributed by atoms with Crippen molar-refractivity contribution in [2.75, 3.05) is 12.4 Å². The Kier molecular flexibility index (Phi) is 6.96. The van der Waals surface area contributed by atoms with Gasteiger partial charge in [0.05, 0.1) is 24.4 Å².